The van der Waals surface area contributed by atoms with E-state index in [4.69, 9.17) is 9.47 Å². The summed E-state index contributed by atoms with van der Waals surface area (Å²) in [6.07, 6.45) is 0.941. The number of hydrogen-bond acceptors (Lipinski definition) is 3. The molecule has 18 heavy (non-hydrogen) atoms. The Morgan fingerprint density at radius 1 is 1.33 bits per heavy atom. The minimum Gasteiger partial charge on any atom is -0.492 e. The van der Waals surface area contributed by atoms with Crippen molar-refractivity contribution in [2.45, 2.75) is 11.8 Å². The minimum absolute atomic E-state index is 0.238. The molecular formula is C14H14O4. The number of hydrogen-bond donors (Lipinski definition) is 1. The van der Waals surface area contributed by atoms with Crippen LogP contribution in [-0.2, 0) is 14.9 Å². The molecule has 1 N–H and O–H groups in total. The molecule has 2 heterocycles. The van der Waals surface area contributed by atoms with Gasteiger partial charge in [0.05, 0.1) is 13.2 Å². The van der Waals surface area contributed by atoms with Crippen molar-refractivity contribution in [1.29, 1.82) is 0 Å². The monoisotopic (exact) mass is 246 g/mol. The quantitative estimate of drug-likeness (QED) is 0.857. The number of carboxylic acids is 1. The zero-order valence-electron chi connectivity index (χ0n) is 9.89. The summed E-state index contributed by atoms with van der Waals surface area (Å²) in [5.74, 6) is 0.315. The van der Waals surface area contributed by atoms with Crippen LogP contribution in [0.4, 0.5) is 0 Å². The highest BCUT2D eigenvalue weighted by Crippen LogP contribution is 2.69. The summed E-state index contributed by atoms with van der Waals surface area (Å²) in [6, 6.07) is 7.50. The van der Waals surface area contributed by atoms with Crippen molar-refractivity contribution in [3.8, 4) is 5.75 Å². The van der Waals surface area contributed by atoms with Crippen molar-refractivity contribution in [3.05, 3.63) is 29.8 Å². The van der Waals surface area contributed by atoms with E-state index in [9.17, 15) is 9.90 Å². The fourth-order valence-electron chi connectivity index (χ4n) is 3.82. The van der Waals surface area contributed by atoms with Gasteiger partial charge in [0.1, 0.15) is 17.8 Å². The van der Waals surface area contributed by atoms with Crippen LogP contribution in [-0.4, -0.2) is 30.9 Å². The highest BCUT2D eigenvalue weighted by Gasteiger charge is 2.75. The minimum atomic E-state index is -0.912. The van der Waals surface area contributed by atoms with E-state index < -0.39 is 11.4 Å². The molecule has 1 aliphatic carbocycles. The van der Waals surface area contributed by atoms with Gasteiger partial charge in [0.2, 0.25) is 0 Å². The summed E-state index contributed by atoms with van der Waals surface area (Å²) in [4.78, 5) is 12.0. The number of ether oxygens (including phenoxy) is 2. The lowest BCUT2D eigenvalue weighted by Gasteiger charge is -2.31. The van der Waals surface area contributed by atoms with Crippen LogP contribution in [0.2, 0.25) is 0 Å². The molecular weight excluding hydrogens is 232 g/mol. The first-order chi connectivity index (χ1) is 8.71. The predicted molar refractivity (Wildman–Crippen MR) is 62.6 cm³/mol. The number of benzene rings is 1. The number of fused-ring (bicyclic) bond motifs is 2. The molecule has 1 saturated carbocycles. The second-order valence-electron chi connectivity index (χ2n) is 5.57. The zero-order chi connectivity index (χ0) is 12.4. The lowest BCUT2D eigenvalue weighted by molar-refractivity contribution is -0.148. The predicted octanol–water partition coefficient (Wildman–Crippen LogP) is 1.44. The van der Waals surface area contributed by atoms with E-state index in [1.807, 2.05) is 24.3 Å². The van der Waals surface area contributed by atoms with Gasteiger partial charge in [-0.2, -0.15) is 0 Å². The van der Waals surface area contributed by atoms with Gasteiger partial charge in [-0.25, -0.2) is 0 Å². The summed E-state index contributed by atoms with van der Waals surface area (Å²) in [5, 5.41) is 9.83. The summed E-state index contributed by atoms with van der Waals surface area (Å²) < 4.78 is 11.1. The lowest BCUT2D eigenvalue weighted by Crippen LogP contribution is -2.47. The van der Waals surface area contributed by atoms with Gasteiger partial charge in [-0.05, 0) is 18.4 Å². The number of rotatable bonds is 2. The molecule has 0 aromatic heterocycles. The fourth-order valence-corrected chi connectivity index (χ4v) is 3.82. The van der Waals surface area contributed by atoms with Gasteiger partial charge in [-0.3, -0.25) is 4.79 Å². The van der Waals surface area contributed by atoms with E-state index in [2.05, 4.69) is 0 Å². The zero-order valence-corrected chi connectivity index (χ0v) is 9.89. The Balaban J connectivity index is 1.92. The SMILES string of the molecule is O=C(O)C1(C23COCC2C3)COc2ccccc21. The van der Waals surface area contributed by atoms with Crippen LogP contribution in [0.25, 0.3) is 0 Å². The van der Waals surface area contributed by atoms with Crippen molar-refractivity contribution in [2.24, 2.45) is 11.3 Å². The molecule has 0 spiro atoms. The van der Waals surface area contributed by atoms with Crippen molar-refractivity contribution >= 4 is 5.97 Å². The van der Waals surface area contributed by atoms with Crippen LogP contribution in [0.1, 0.15) is 12.0 Å². The molecule has 2 fully saturated rings. The van der Waals surface area contributed by atoms with E-state index in [1.54, 1.807) is 0 Å². The van der Waals surface area contributed by atoms with E-state index in [-0.39, 0.29) is 12.0 Å². The molecule has 0 bridgehead atoms. The van der Waals surface area contributed by atoms with Gasteiger partial charge < -0.3 is 14.6 Å². The van der Waals surface area contributed by atoms with Crippen molar-refractivity contribution in [3.63, 3.8) is 0 Å². The largest absolute Gasteiger partial charge is 0.492 e. The highest BCUT2D eigenvalue weighted by molar-refractivity contribution is 5.86. The summed E-state index contributed by atoms with van der Waals surface area (Å²) in [5.41, 5.74) is -0.332. The fraction of sp³-hybridized carbons (Fsp3) is 0.500. The third-order valence-electron chi connectivity index (χ3n) is 4.92. The Labute approximate surface area is 105 Å². The molecule has 3 aliphatic rings. The number of carbonyl (C=O) groups is 1. The topological polar surface area (TPSA) is 55.8 Å². The van der Waals surface area contributed by atoms with E-state index in [0.717, 1.165) is 12.0 Å². The van der Waals surface area contributed by atoms with Crippen LogP contribution in [0.5, 0.6) is 5.75 Å². The maximum Gasteiger partial charge on any atom is 0.318 e. The first kappa shape index (κ1) is 10.4. The number of carboxylic acid groups (broad SMARTS) is 1. The van der Waals surface area contributed by atoms with Gasteiger partial charge in [-0.15, -0.1) is 0 Å². The molecule has 0 radical (unpaired) electrons. The third kappa shape index (κ3) is 0.950. The molecule has 1 saturated heterocycles. The molecule has 1 aromatic carbocycles. The normalized spacial score (nSPS) is 39.9. The van der Waals surface area contributed by atoms with Crippen LogP contribution < -0.4 is 4.74 Å². The van der Waals surface area contributed by atoms with Gasteiger partial charge >= 0.3 is 5.97 Å². The third-order valence-corrected chi connectivity index (χ3v) is 4.92. The number of aliphatic carboxylic acids is 1. The average Bonchev–Trinajstić information content (AvgIpc) is 2.77. The molecule has 94 valence electrons. The Morgan fingerprint density at radius 3 is 2.83 bits per heavy atom. The van der Waals surface area contributed by atoms with Crippen molar-refractivity contribution in [1.82, 2.24) is 0 Å². The van der Waals surface area contributed by atoms with E-state index in [1.165, 1.54) is 0 Å². The Hall–Kier alpha value is -1.55. The van der Waals surface area contributed by atoms with Crippen LogP contribution in [0.15, 0.2) is 24.3 Å². The summed E-state index contributed by atoms with van der Waals surface area (Å²) in [6.45, 7) is 1.47. The molecule has 4 rings (SSSR count). The lowest BCUT2D eigenvalue weighted by atomic mass is 9.68. The first-order valence-electron chi connectivity index (χ1n) is 6.24. The summed E-state index contributed by atoms with van der Waals surface area (Å²) in [7, 11) is 0. The van der Waals surface area contributed by atoms with Gasteiger partial charge in [0.15, 0.2) is 0 Å². The molecule has 3 unspecified atom stereocenters. The van der Waals surface area contributed by atoms with Gasteiger partial charge in [-0.1, -0.05) is 18.2 Å². The Bertz CT molecular complexity index is 540. The van der Waals surface area contributed by atoms with Crippen LogP contribution in [0, 0.1) is 11.3 Å². The van der Waals surface area contributed by atoms with Crippen LogP contribution in [0.3, 0.4) is 0 Å². The Kier molecular flexibility index (Phi) is 1.77. The maximum atomic E-state index is 12.0. The first-order valence-corrected chi connectivity index (χ1v) is 6.24. The second-order valence-corrected chi connectivity index (χ2v) is 5.57. The number of para-hydroxylation sites is 1. The molecule has 1 aromatic rings. The van der Waals surface area contributed by atoms with Gasteiger partial charge in [0, 0.05) is 11.0 Å². The standard InChI is InChI=1S/C14H14O4/c15-12(16)14(13-5-9(13)6-17-7-13)8-18-11-4-2-1-3-10(11)14/h1-4,9H,5-8H2,(H,15,16). The van der Waals surface area contributed by atoms with Crippen LogP contribution >= 0.6 is 0 Å². The molecule has 3 atom stereocenters. The van der Waals surface area contributed by atoms with Gasteiger partial charge in [0.25, 0.3) is 0 Å². The van der Waals surface area contributed by atoms with E-state index in [0.29, 0.717) is 24.9 Å². The molecule has 2 aliphatic heterocycles. The maximum absolute atomic E-state index is 12.0. The highest BCUT2D eigenvalue weighted by atomic mass is 16.5. The average molecular weight is 246 g/mol. The van der Waals surface area contributed by atoms with Crippen molar-refractivity contribution in [2.75, 3.05) is 19.8 Å². The molecule has 4 nitrogen and oxygen atoms in total. The van der Waals surface area contributed by atoms with Crippen molar-refractivity contribution < 1.29 is 19.4 Å². The molecule has 4 heteroatoms. The second kappa shape index (κ2) is 3.06. The van der Waals surface area contributed by atoms with E-state index >= 15 is 0 Å². The Morgan fingerprint density at radius 2 is 2.17 bits per heavy atom. The molecule has 0 amide bonds. The summed E-state index contributed by atoms with van der Waals surface area (Å²) >= 11 is 0. The smallest absolute Gasteiger partial charge is 0.318 e.